The Kier molecular flexibility index (Phi) is 1.94. The van der Waals surface area contributed by atoms with E-state index in [-0.39, 0.29) is 0 Å². The molecule has 0 bridgehead atoms. The molecule has 1 fully saturated rings. The zero-order valence-corrected chi connectivity index (χ0v) is 6.48. The minimum atomic E-state index is 0.819. The van der Waals surface area contributed by atoms with Crippen LogP contribution in [0.15, 0.2) is 12.2 Å². The molecule has 1 rings (SSSR count). The molecule has 0 aromatic carbocycles. The number of hydrogen-bond donors (Lipinski definition) is 0. The predicted octanol–water partition coefficient (Wildman–Crippen LogP) is 3.00. The quantitative estimate of drug-likeness (QED) is 0.471. The first-order valence-corrected chi connectivity index (χ1v) is 3.89. The van der Waals surface area contributed by atoms with Crippen molar-refractivity contribution in [3.8, 4) is 0 Å². The van der Waals surface area contributed by atoms with Crippen LogP contribution in [-0.4, -0.2) is 0 Å². The van der Waals surface area contributed by atoms with E-state index in [2.05, 4.69) is 20.4 Å². The third-order valence-corrected chi connectivity index (χ3v) is 2.34. The second kappa shape index (κ2) is 2.55. The fraction of sp³-hybridized carbons (Fsp3) is 0.778. The summed E-state index contributed by atoms with van der Waals surface area (Å²) in [7, 11) is 0. The summed E-state index contributed by atoms with van der Waals surface area (Å²) < 4.78 is 0. The molecule has 0 heterocycles. The summed E-state index contributed by atoms with van der Waals surface area (Å²) in [5.74, 6) is 1.66. The number of allylic oxidation sites excluding steroid dienone is 1. The van der Waals surface area contributed by atoms with Gasteiger partial charge in [-0.2, -0.15) is 0 Å². The molecule has 1 unspecified atom stereocenters. The van der Waals surface area contributed by atoms with Crippen molar-refractivity contribution in [2.24, 2.45) is 11.8 Å². The molecule has 1 saturated carbocycles. The molecule has 1 aliphatic carbocycles. The molecule has 0 radical (unpaired) electrons. The van der Waals surface area contributed by atoms with Crippen molar-refractivity contribution in [1.29, 1.82) is 0 Å². The number of hydrogen-bond acceptors (Lipinski definition) is 0. The van der Waals surface area contributed by atoms with E-state index in [4.69, 9.17) is 0 Å². The molecule has 0 nitrogen and oxygen atoms in total. The first kappa shape index (κ1) is 6.85. The lowest BCUT2D eigenvalue weighted by Gasteiger charge is -2.14. The molecular weight excluding hydrogens is 108 g/mol. The van der Waals surface area contributed by atoms with Crippen LogP contribution in [0.2, 0.25) is 0 Å². The molecule has 9 heavy (non-hydrogen) atoms. The number of rotatable bonds is 1. The average molecular weight is 124 g/mol. The molecular formula is C9H16. The molecule has 0 aromatic heterocycles. The van der Waals surface area contributed by atoms with Gasteiger partial charge in [-0.05, 0) is 31.1 Å². The topological polar surface area (TPSA) is 0 Å². The lowest BCUT2D eigenvalue weighted by Crippen LogP contribution is -2.04. The Hall–Kier alpha value is -0.260. The zero-order valence-electron chi connectivity index (χ0n) is 6.48. The Morgan fingerprint density at radius 2 is 2.22 bits per heavy atom. The Balaban J connectivity index is 2.49. The van der Waals surface area contributed by atoms with E-state index in [1.165, 1.54) is 24.8 Å². The molecule has 0 aromatic rings. The van der Waals surface area contributed by atoms with Crippen molar-refractivity contribution in [3.63, 3.8) is 0 Å². The summed E-state index contributed by atoms with van der Waals surface area (Å²) in [6.07, 6.45) is 4.04. The van der Waals surface area contributed by atoms with E-state index < -0.39 is 0 Å². The molecule has 0 aliphatic heterocycles. The van der Waals surface area contributed by atoms with Gasteiger partial charge in [-0.1, -0.05) is 26.0 Å². The second-order valence-corrected chi connectivity index (χ2v) is 3.40. The predicted molar refractivity (Wildman–Crippen MR) is 41.3 cm³/mol. The van der Waals surface area contributed by atoms with Gasteiger partial charge in [-0.25, -0.2) is 0 Å². The lowest BCUT2D eigenvalue weighted by molar-refractivity contribution is 0.453. The zero-order chi connectivity index (χ0) is 6.85. The minimum Gasteiger partial charge on any atom is -0.0996 e. The van der Waals surface area contributed by atoms with Crippen LogP contribution in [0.4, 0.5) is 0 Å². The Morgan fingerprint density at radius 1 is 1.56 bits per heavy atom. The summed E-state index contributed by atoms with van der Waals surface area (Å²) in [6, 6.07) is 0. The van der Waals surface area contributed by atoms with Gasteiger partial charge in [0.1, 0.15) is 0 Å². The highest BCUT2D eigenvalue weighted by Crippen LogP contribution is 2.34. The van der Waals surface area contributed by atoms with Gasteiger partial charge in [0.05, 0.1) is 0 Å². The molecule has 0 amide bonds. The van der Waals surface area contributed by atoms with Crippen LogP contribution < -0.4 is 0 Å². The summed E-state index contributed by atoms with van der Waals surface area (Å²) in [5.41, 5.74) is 1.49. The highest BCUT2D eigenvalue weighted by molar-refractivity contribution is 5.06. The third-order valence-electron chi connectivity index (χ3n) is 2.34. The van der Waals surface area contributed by atoms with E-state index in [1.807, 2.05) is 0 Å². The summed E-state index contributed by atoms with van der Waals surface area (Å²) >= 11 is 0. The molecule has 0 saturated heterocycles. The van der Waals surface area contributed by atoms with Crippen LogP contribution in [0, 0.1) is 11.8 Å². The van der Waals surface area contributed by atoms with Crippen LogP contribution in [0.1, 0.15) is 33.1 Å². The Labute approximate surface area is 58.0 Å². The standard InChI is InChI=1S/C9H16/c1-7(2)9-6-4-5-8(9)3/h7,9H,3-6H2,1-2H3. The monoisotopic (exact) mass is 124 g/mol. The van der Waals surface area contributed by atoms with Gasteiger partial charge in [-0.3, -0.25) is 0 Å². The minimum absolute atomic E-state index is 0.819. The van der Waals surface area contributed by atoms with Crippen molar-refractivity contribution in [3.05, 3.63) is 12.2 Å². The molecule has 52 valence electrons. The van der Waals surface area contributed by atoms with E-state index >= 15 is 0 Å². The molecule has 0 N–H and O–H groups in total. The van der Waals surface area contributed by atoms with E-state index in [0.717, 1.165) is 11.8 Å². The summed E-state index contributed by atoms with van der Waals surface area (Å²) in [5, 5.41) is 0. The van der Waals surface area contributed by atoms with Crippen molar-refractivity contribution in [2.45, 2.75) is 33.1 Å². The Morgan fingerprint density at radius 3 is 2.44 bits per heavy atom. The maximum atomic E-state index is 4.06. The van der Waals surface area contributed by atoms with Gasteiger partial charge < -0.3 is 0 Å². The van der Waals surface area contributed by atoms with Crippen LogP contribution in [0.3, 0.4) is 0 Å². The smallest absolute Gasteiger partial charge is 0.0183 e. The highest BCUT2D eigenvalue weighted by Gasteiger charge is 2.21. The van der Waals surface area contributed by atoms with Gasteiger partial charge in [0.15, 0.2) is 0 Å². The first-order valence-electron chi connectivity index (χ1n) is 3.89. The van der Waals surface area contributed by atoms with Gasteiger partial charge in [0.25, 0.3) is 0 Å². The van der Waals surface area contributed by atoms with Crippen molar-refractivity contribution in [1.82, 2.24) is 0 Å². The van der Waals surface area contributed by atoms with Crippen LogP contribution in [0.5, 0.6) is 0 Å². The summed E-state index contributed by atoms with van der Waals surface area (Å²) in [4.78, 5) is 0. The normalized spacial score (nSPS) is 27.9. The van der Waals surface area contributed by atoms with Crippen molar-refractivity contribution >= 4 is 0 Å². The van der Waals surface area contributed by atoms with E-state index in [1.54, 1.807) is 0 Å². The van der Waals surface area contributed by atoms with Crippen molar-refractivity contribution in [2.75, 3.05) is 0 Å². The lowest BCUT2D eigenvalue weighted by atomic mass is 9.92. The largest absolute Gasteiger partial charge is 0.0996 e. The van der Waals surface area contributed by atoms with Crippen LogP contribution in [-0.2, 0) is 0 Å². The van der Waals surface area contributed by atoms with Gasteiger partial charge in [0, 0.05) is 0 Å². The molecule has 1 atom stereocenters. The molecule has 0 spiro atoms. The van der Waals surface area contributed by atoms with E-state index in [0.29, 0.717) is 0 Å². The molecule has 0 heteroatoms. The highest BCUT2D eigenvalue weighted by atomic mass is 14.3. The molecule has 1 aliphatic rings. The van der Waals surface area contributed by atoms with Gasteiger partial charge >= 0.3 is 0 Å². The van der Waals surface area contributed by atoms with Gasteiger partial charge in [0.2, 0.25) is 0 Å². The maximum absolute atomic E-state index is 4.06. The van der Waals surface area contributed by atoms with E-state index in [9.17, 15) is 0 Å². The fourth-order valence-corrected chi connectivity index (χ4v) is 1.74. The third kappa shape index (κ3) is 1.35. The average Bonchev–Trinajstić information content (AvgIpc) is 2.13. The maximum Gasteiger partial charge on any atom is -0.0183 e. The fourth-order valence-electron chi connectivity index (χ4n) is 1.74. The Bertz CT molecular complexity index is 111. The SMILES string of the molecule is C=C1CCCC1C(C)C. The van der Waals surface area contributed by atoms with Crippen LogP contribution in [0.25, 0.3) is 0 Å². The van der Waals surface area contributed by atoms with Crippen molar-refractivity contribution < 1.29 is 0 Å². The first-order chi connectivity index (χ1) is 4.22. The van der Waals surface area contributed by atoms with Crippen LogP contribution >= 0.6 is 0 Å². The summed E-state index contributed by atoms with van der Waals surface area (Å²) in [6.45, 7) is 8.64. The second-order valence-electron chi connectivity index (χ2n) is 3.40. The van der Waals surface area contributed by atoms with Gasteiger partial charge in [-0.15, -0.1) is 0 Å².